The number of aromatic amines is 1. The minimum atomic E-state index is 0.432. The Labute approximate surface area is 100 Å². The van der Waals surface area contributed by atoms with Crippen molar-refractivity contribution in [3.05, 3.63) is 35.3 Å². The van der Waals surface area contributed by atoms with Gasteiger partial charge in [-0.25, -0.2) is 0 Å². The van der Waals surface area contributed by atoms with Crippen LogP contribution in [0.1, 0.15) is 4.88 Å². The summed E-state index contributed by atoms with van der Waals surface area (Å²) in [5.41, 5.74) is 0.803. The van der Waals surface area contributed by atoms with Crippen molar-refractivity contribution in [1.82, 2.24) is 15.1 Å². The van der Waals surface area contributed by atoms with E-state index in [2.05, 4.69) is 21.2 Å². The summed E-state index contributed by atoms with van der Waals surface area (Å²) in [6, 6.07) is 9.34. The van der Waals surface area contributed by atoms with E-state index in [0.717, 1.165) is 10.6 Å². The van der Waals surface area contributed by atoms with Gasteiger partial charge in [-0.05, 0) is 24.3 Å². The lowest BCUT2D eigenvalue weighted by Crippen LogP contribution is -1.78. The van der Waals surface area contributed by atoms with E-state index < -0.39 is 0 Å². The van der Waals surface area contributed by atoms with E-state index in [9.17, 15) is 0 Å². The Morgan fingerprint density at radius 2 is 2.29 bits per heavy atom. The van der Waals surface area contributed by atoms with Crippen LogP contribution < -0.4 is 0 Å². The third-order valence-electron chi connectivity index (χ3n) is 2.19. The van der Waals surface area contributed by atoms with Crippen LogP contribution in [0.4, 0.5) is 0 Å². The molecule has 5 nitrogen and oxygen atoms in total. The van der Waals surface area contributed by atoms with Crippen molar-refractivity contribution in [2.45, 2.75) is 0 Å². The lowest BCUT2D eigenvalue weighted by atomic mass is 10.4. The van der Waals surface area contributed by atoms with Crippen LogP contribution in [0.5, 0.6) is 0 Å². The van der Waals surface area contributed by atoms with Crippen LogP contribution in [0.25, 0.3) is 22.3 Å². The molecule has 0 aromatic carbocycles. The second kappa shape index (κ2) is 3.88. The molecule has 0 radical (unpaired) electrons. The number of rotatable bonds is 2. The predicted octanol–water partition coefficient (Wildman–Crippen LogP) is 2.66. The number of aromatic nitrogens is 3. The summed E-state index contributed by atoms with van der Waals surface area (Å²) in [4.78, 5) is 8.69. The van der Waals surface area contributed by atoms with Crippen molar-refractivity contribution >= 4 is 11.3 Å². The van der Waals surface area contributed by atoms with Gasteiger partial charge in [0.05, 0.1) is 10.6 Å². The molecule has 1 N–H and O–H groups in total. The van der Waals surface area contributed by atoms with Crippen LogP contribution in [0.15, 0.2) is 35.0 Å². The highest BCUT2D eigenvalue weighted by atomic mass is 32.1. The van der Waals surface area contributed by atoms with Gasteiger partial charge >= 0.3 is 0 Å². The SMILES string of the molecule is N#Cc1ccc(-c2nc(-c3ccc[nH]3)no2)s1. The number of nitriles is 1. The van der Waals surface area contributed by atoms with Gasteiger partial charge in [-0.1, -0.05) is 5.16 Å². The number of hydrogen-bond donors (Lipinski definition) is 1. The molecule has 0 amide bonds. The van der Waals surface area contributed by atoms with Gasteiger partial charge < -0.3 is 9.51 Å². The third kappa shape index (κ3) is 1.73. The number of nitrogens with one attached hydrogen (secondary N) is 1. The Morgan fingerprint density at radius 1 is 1.35 bits per heavy atom. The first-order chi connectivity index (χ1) is 8.36. The summed E-state index contributed by atoms with van der Waals surface area (Å²) < 4.78 is 5.15. The van der Waals surface area contributed by atoms with Gasteiger partial charge in [0.2, 0.25) is 5.82 Å². The summed E-state index contributed by atoms with van der Waals surface area (Å²) in [7, 11) is 0. The number of H-pyrrole nitrogens is 1. The molecule has 3 aromatic heterocycles. The van der Waals surface area contributed by atoms with Gasteiger partial charge in [0, 0.05) is 6.20 Å². The fourth-order valence-electron chi connectivity index (χ4n) is 1.42. The second-order valence-electron chi connectivity index (χ2n) is 3.28. The van der Waals surface area contributed by atoms with Gasteiger partial charge in [-0.15, -0.1) is 11.3 Å². The highest BCUT2D eigenvalue weighted by Crippen LogP contribution is 2.27. The molecule has 3 heterocycles. The molecular weight excluding hydrogens is 236 g/mol. The van der Waals surface area contributed by atoms with Crippen LogP contribution in [0, 0.1) is 11.3 Å². The maximum atomic E-state index is 8.74. The molecule has 82 valence electrons. The normalized spacial score (nSPS) is 10.3. The summed E-state index contributed by atoms with van der Waals surface area (Å²) in [5.74, 6) is 0.943. The molecule has 17 heavy (non-hydrogen) atoms. The van der Waals surface area contributed by atoms with E-state index in [1.54, 1.807) is 18.3 Å². The zero-order chi connectivity index (χ0) is 11.7. The maximum absolute atomic E-state index is 8.74. The topological polar surface area (TPSA) is 78.5 Å². The molecule has 0 saturated heterocycles. The standard InChI is InChI=1S/C11H6N4OS/c12-6-7-3-4-9(17-7)11-14-10(15-16-11)8-2-1-5-13-8/h1-5,13H. The lowest BCUT2D eigenvalue weighted by molar-refractivity contribution is 0.433. The van der Waals surface area contributed by atoms with Gasteiger partial charge in [-0.2, -0.15) is 10.2 Å². The Balaban J connectivity index is 1.98. The fourth-order valence-corrected chi connectivity index (χ4v) is 2.14. The molecule has 0 spiro atoms. The van der Waals surface area contributed by atoms with Crippen LogP contribution in [0.2, 0.25) is 0 Å². The summed E-state index contributed by atoms with van der Waals surface area (Å²) >= 11 is 1.33. The first-order valence-corrected chi connectivity index (χ1v) is 5.66. The van der Waals surface area contributed by atoms with Crippen molar-refractivity contribution in [2.24, 2.45) is 0 Å². The minimum Gasteiger partial charge on any atom is -0.359 e. The van der Waals surface area contributed by atoms with Crippen molar-refractivity contribution in [3.63, 3.8) is 0 Å². The zero-order valence-corrected chi connectivity index (χ0v) is 9.36. The van der Waals surface area contributed by atoms with Gasteiger partial charge in [-0.3, -0.25) is 0 Å². The molecule has 6 heteroatoms. The summed E-state index contributed by atoms with van der Waals surface area (Å²) in [6.07, 6.45) is 1.80. The number of thiophene rings is 1. The highest BCUT2D eigenvalue weighted by Gasteiger charge is 2.12. The van der Waals surface area contributed by atoms with Crippen molar-refractivity contribution < 1.29 is 4.52 Å². The van der Waals surface area contributed by atoms with Crippen LogP contribution in [-0.4, -0.2) is 15.1 Å². The van der Waals surface area contributed by atoms with Crippen LogP contribution >= 0.6 is 11.3 Å². The molecule has 0 fully saturated rings. The molecule has 0 saturated carbocycles. The average molecular weight is 242 g/mol. The van der Waals surface area contributed by atoms with Crippen molar-refractivity contribution in [3.8, 4) is 28.4 Å². The summed E-state index contributed by atoms with van der Waals surface area (Å²) in [5, 5.41) is 12.6. The molecule has 0 unspecified atom stereocenters. The van der Waals surface area contributed by atoms with E-state index in [1.165, 1.54) is 11.3 Å². The Bertz CT molecular complexity index is 674. The van der Waals surface area contributed by atoms with E-state index in [-0.39, 0.29) is 0 Å². The van der Waals surface area contributed by atoms with E-state index in [4.69, 9.17) is 9.78 Å². The first-order valence-electron chi connectivity index (χ1n) is 4.84. The molecule has 0 atom stereocenters. The van der Waals surface area contributed by atoms with E-state index in [0.29, 0.717) is 16.6 Å². The molecule has 0 aliphatic carbocycles. The highest BCUT2D eigenvalue weighted by molar-refractivity contribution is 7.15. The summed E-state index contributed by atoms with van der Waals surface area (Å²) in [6.45, 7) is 0. The molecule has 0 aliphatic heterocycles. The van der Waals surface area contributed by atoms with Crippen LogP contribution in [0.3, 0.4) is 0 Å². The maximum Gasteiger partial charge on any atom is 0.268 e. The molecule has 0 bridgehead atoms. The third-order valence-corrected chi connectivity index (χ3v) is 3.17. The monoisotopic (exact) mass is 242 g/mol. The number of hydrogen-bond acceptors (Lipinski definition) is 5. The Kier molecular flexibility index (Phi) is 2.24. The van der Waals surface area contributed by atoms with E-state index >= 15 is 0 Å². The minimum absolute atomic E-state index is 0.432. The van der Waals surface area contributed by atoms with Crippen molar-refractivity contribution in [1.29, 1.82) is 5.26 Å². The van der Waals surface area contributed by atoms with Crippen molar-refractivity contribution in [2.75, 3.05) is 0 Å². The largest absolute Gasteiger partial charge is 0.359 e. The quantitative estimate of drug-likeness (QED) is 0.749. The fraction of sp³-hybridized carbons (Fsp3) is 0. The van der Waals surface area contributed by atoms with Gasteiger partial charge in [0.1, 0.15) is 10.9 Å². The molecule has 3 rings (SSSR count). The smallest absolute Gasteiger partial charge is 0.268 e. The predicted molar refractivity (Wildman–Crippen MR) is 62.1 cm³/mol. The Hall–Kier alpha value is -2.39. The first kappa shape index (κ1) is 9.81. The van der Waals surface area contributed by atoms with E-state index in [1.807, 2.05) is 12.1 Å². The van der Waals surface area contributed by atoms with Gasteiger partial charge in [0.15, 0.2) is 0 Å². The molecule has 3 aromatic rings. The molecule has 0 aliphatic rings. The van der Waals surface area contributed by atoms with Crippen LogP contribution in [-0.2, 0) is 0 Å². The average Bonchev–Trinajstić information content (AvgIpc) is 3.09. The zero-order valence-electron chi connectivity index (χ0n) is 8.54. The Morgan fingerprint density at radius 3 is 3.00 bits per heavy atom. The molecular formula is C11H6N4OS. The lowest BCUT2D eigenvalue weighted by Gasteiger charge is -1.84. The number of nitrogens with zero attached hydrogens (tertiary/aromatic N) is 3. The second-order valence-corrected chi connectivity index (χ2v) is 4.37. The van der Waals surface area contributed by atoms with Gasteiger partial charge in [0.25, 0.3) is 5.89 Å².